The number of aliphatic hydroxyl groups is 1. The molecular formula is C14H22N2O. The molecule has 0 aromatic heterocycles. The maximum absolute atomic E-state index is 9.00. The van der Waals surface area contributed by atoms with Crippen LogP contribution in [0.1, 0.15) is 30.4 Å². The molecule has 0 spiro atoms. The third-order valence-corrected chi connectivity index (χ3v) is 3.60. The number of hydrogen-bond acceptors (Lipinski definition) is 3. The molecule has 17 heavy (non-hydrogen) atoms. The minimum Gasteiger partial charge on any atom is -0.392 e. The minimum atomic E-state index is 0.120. The van der Waals surface area contributed by atoms with Gasteiger partial charge >= 0.3 is 0 Å². The molecule has 0 amide bonds. The molecule has 1 fully saturated rings. The molecule has 0 saturated heterocycles. The van der Waals surface area contributed by atoms with Crippen LogP contribution in [-0.4, -0.2) is 29.1 Å². The largest absolute Gasteiger partial charge is 0.392 e. The second-order valence-electron chi connectivity index (χ2n) is 4.82. The molecule has 94 valence electrons. The summed E-state index contributed by atoms with van der Waals surface area (Å²) in [5.41, 5.74) is 7.95. The molecule has 1 aliphatic rings. The van der Waals surface area contributed by atoms with Gasteiger partial charge in [0.15, 0.2) is 0 Å². The first kappa shape index (κ1) is 12.6. The number of nitrogens with two attached hydrogens (primary N) is 1. The number of nitrogens with zero attached hydrogens (tertiary/aromatic N) is 1. The first-order chi connectivity index (χ1) is 8.33. The van der Waals surface area contributed by atoms with Gasteiger partial charge in [-0.15, -0.1) is 0 Å². The smallest absolute Gasteiger partial charge is 0.0681 e. The zero-order valence-electron chi connectivity index (χ0n) is 10.3. The van der Waals surface area contributed by atoms with Crippen LogP contribution in [0.15, 0.2) is 24.3 Å². The van der Waals surface area contributed by atoms with Gasteiger partial charge in [-0.2, -0.15) is 0 Å². The zero-order chi connectivity index (χ0) is 12.1. The van der Waals surface area contributed by atoms with Crippen molar-refractivity contribution in [2.24, 2.45) is 5.73 Å². The van der Waals surface area contributed by atoms with Crippen LogP contribution in [0, 0.1) is 0 Å². The van der Waals surface area contributed by atoms with E-state index >= 15 is 0 Å². The zero-order valence-corrected chi connectivity index (χ0v) is 10.3. The molecule has 1 aromatic rings. The van der Waals surface area contributed by atoms with Crippen molar-refractivity contribution in [1.82, 2.24) is 4.90 Å². The normalized spacial score (nSPS) is 16.2. The summed E-state index contributed by atoms with van der Waals surface area (Å²) in [6.45, 7) is 2.81. The topological polar surface area (TPSA) is 49.5 Å². The van der Waals surface area contributed by atoms with E-state index in [2.05, 4.69) is 17.0 Å². The lowest BCUT2D eigenvalue weighted by Gasteiger charge is -2.37. The molecular weight excluding hydrogens is 212 g/mol. The molecule has 1 aliphatic carbocycles. The van der Waals surface area contributed by atoms with Crippen molar-refractivity contribution in [1.29, 1.82) is 0 Å². The predicted molar refractivity (Wildman–Crippen MR) is 69.5 cm³/mol. The van der Waals surface area contributed by atoms with Gasteiger partial charge in [-0.05, 0) is 24.0 Å². The lowest BCUT2D eigenvalue weighted by molar-refractivity contribution is 0.123. The second-order valence-corrected chi connectivity index (χ2v) is 4.82. The lowest BCUT2D eigenvalue weighted by Crippen LogP contribution is -2.42. The van der Waals surface area contributed by atoms with E-state index in [1.807, 2.05) is 12.1 Å². The summed E-state index contributed by atoms with van der Waals surface area (Å²) in [5, 5.41) is 9.00. The van der Waals surface area contributed by atoms with Crippen LogP contribution < -0.4 is 5.73 Å². The Bertz CT molecular complexity index is 333. The molecule has 1 aromatic carbocycles. The van der Waals surface area contributed by atoms with Crippen molar-refractivity contribution in [3.05, 3.63) is 35.4 Å². The van der Waals surface area contributed by atoms with Gasteiger partial charge in [0.05, 0.1) is 6.61 Å². The van der Waals surface area contributed by atoms with Gasteiger partial charge in [0.1, 0.15) is 0 Å². The van der Waals surface area contributed by atoms with Gasteiger partial charge in [-0.25, -0.2) is 0 Å². The maximum atomic E-state index is 9.00. The highest BCUT2D eigenvalue weighted by Gasteiger charge is 2.24. The van der Waals surface area contributed by atoms with E-state index in [-0.39, 0.29) is 6.61 Å². The van der Waals surface area contributed by atoms with Gasteiger partial charge in [-0.3, -0.25) is 4.90 Å². The van der Waals surface area contributed by atoms with Gasteiger partial charge in [0.25, 0.3) is 0 Å². The highest BCUT2D eigenvalue weighted by molar-refractivity contribution is 5.22. The molecule has 0 unspecified atom stereocenters. The molecule has 0 aliphatic heterocycles. The van der Waals surface area contributed by atoms with Crippen molar-refractivity contribution in [2.45, 2.75) is 38.5 Å². The summed E-state index contributed by atoms with van der Waals surface area (Å²) in [4.78, 5) is 2.48. The van der Waals surface area contributed by atoms with Gasteiger partial charge < -0.3 is 10.8 Å². The summed E-state index contributed by atoms with van der Waals surface area (Å²) < 4.78 is 0. The molecule has 3 heteroatoms. The van der Waals surface area contributed by atoms with Crippen molar-refractivity contribution in [3.8, 4) is 0 Å². The van der Waals surface area contributed by atoms with E-state index in [0.29, 0.717) is 0 Å². The molecule has 3 N–H and O–H groups in total. The number of hydrogen-bond donors (Lipinski definition) is 2. The number of aliphatic hydroxyl groups excluding tert-OH is 1. The van der Waals surface area contributed by atoms with Crippen molar-refractivity contribution in [2.75, 3.05) is 13.1 Å². The fourth-order valence-corrected chi connectivity index (χ4v) is 2.29. The fraction of sp³-hybridized carbons (Fsp3) is 0.571. The lowest BCUT2D eigenvalue weighted by atomic mass is 9.91. The van der Waals surface area contributed by atoms with E-state index in [9.17, 15) is 0 Å². The summed E-state index contributed by atoms with van der Waals surface area (Å²) in [7, 11) is 0. The second kappa shape index (κ2) is 6.15. The van der Waals surface area contributed by atoms with Crippen molar-refractivity contribution < 1.29 is 5.11 Å². The first-order valence-corrected chi connectivity index (χ1v) is 6.46. The van der Waals surface area contributed by atoms with E-state index in [0.717, 1.165) is 31.2 Å². The van der Waals surface area contributed by atoms with Gasteiger partial charge in [0, 0.05) is 25.7 Å². The van der Waals surface area contributed by atoms with E-state index < -0.39 is 0 Å². The Kier molecular flexibility index (Phi) is 4.54. The molecule has 0 bridgehead atoms. The first-order valence-electron chi connectivity index (χ1n) is 6.46. The third-order valence-electron chi connectivity index (χ3n) is 3.60. The van der Waals surface area contributed by atoms with Crippen LogP contribution in [0.2, 0.25) is 0 Å². The summed E-state index contributed by atoms with van der Waals surface area (Å²) in [6, 6.07) is 8.94. The highest BCUT2D eigenvalue weighted by Crippen LogP contribution is 2.25. The van der Waals surface area contributed by atoms with Crippen LogP contribution in [0.25, 0.3) is 0 Å². The van der Waals surface area contributed by atoms with Gasteiger partial charge in [0.2, 0.25) is 0 Å². The fourth-order valence-electron chi connectivity index (χ4n) is 2.29. The molecule has 0 atom stereocenters. The van der Waals surface area contributed by atoms with Crippen LogP contribution in [0.5, 0.6) is 0 Å². The Morgan fingerprint density at radius 1 is 1.18 bits per heavy atom. The van der Waals surface area contributed by atoms with E-state index in [1.54, 1.807) is 0 Å². The van der Waals surface area contributed by atoms with Crippen LogP contribution in [0.4, 0.5) is 0 Å². The molecule has 3 nitrogen and oxygen atoms in total. The molecule has 0 heterocycles. The standard InChI is InChI=1S/C14H22N2O/c15-8-9-16(14-2-1-3-14)10-12-4-6-13(11-17)7-5-12/h4-7,14,17H,1-3,8-11,15H2. The Morgan fingerprint density at radius 3 is 2.29 bits per heavy atom. The third kappa shape index (κ3) is 3.28. The highest BCUT2D eigenvalue weighted by atomic mass is 16.3. The van der Waals surface area contributed by atoms with E-state index in [1.165, 1.54) is 24.8 Å². The molecule has 2 rings (SSSR count). The average Bonchev–Trinajstić information content (AvgIpc) is 2.28. The number of rotatable bonds is 6. The summed E-state index contributed by atoms with van der Waals surface area (Å²) in [6.07, 6.45) is 3.98. The number of benzene rings is 1. The molecule has 1 saturated carbocycles. The SMILES string of the molecule is NCCN(Cc1ccc(CO)cc1)C1CCC1. The van der Waals surface area contributed by atoms with Crippen LogP contribution in [-0.2, 0) is 13.2 Å². The Morgan fingerprint density at radius 2 is 1.82 bits per heavy atom. The maximum Gasteiger partial charge on any atom is 0.0681 e. The average molecular weight is 234 g/mol. The predicted octanol–water partition coefficient (Wildman–Crippen LogP) is 1.49. The van der Waals surface area contributed by atoms with Crippen molar-refractivity contribution >= 4 is 0 Å². The quantitative estimate of drug-likeness (QED) is 0.784. The minimum absolute atomic E-state index is 0.120. The van der Waals surface area contributed by atoms with Crippen LogP contribution in [0.3, 0.4) is 0 Å². The van der Waals surface area contributed by atoms with Gasteiger partial charge in [-0.1, -0.05) is 30.7 Å². The van der Waals surface area contributed by atoms with E-state index in [4.69, 9.17) is 10.8 Å². The summed E-state index contributed by atoms with van der Waals surface area (Å²) in [5.74, 6) is 0. The van der Waals surface area contributed by atoms with Crippen LogP contribution >= 0.6 is 0 Å². The molecule has 0 radical (unpaired) electrons. The Balaban J connectivity index is 1.95. The monoisotopic (exact) mass is 234 g/mol. The Labute approximate surface area is 103 Å². The Hall–Kier alpha value is -0.900. The van der Waals surface area contributed by atoms with Crippen molar-refractivity contribution in [3.63, 3.8) is 0 Å². The summed E-state index contributed by atoms with van der Waals surface area (Å²) >= 11 is 0.